The highest BCUT2D eigenvalue weighted by atomic mass is 35.5. The zero-order valence-corrected chi connectivity index (χ0v) is 11.9. The maximum absolute atomic E-state index is 11.8. The minimum Gasteiger partial charge on any atom is -0.349 e. The van der Waals surface area contributed by atoms with Crippen LogP contribution < -0.4 is 10.0 Å². The molecule has 1 aromatic heterocycles. The van der Waals surface area contributed by atoms with Gasteiger partial charge >= 0.3 is 0 Å². The minimum absolute atomic E-state index is 0.124. The molecule has 9 heteroatoms. The standard InChI is InChI=1S/C9H15ClN4O3S/c1-6-7(10)8(14(2)13-6)9(15)11-4-5-12-18(3,16)17/h12H,4-5H2,1-3H3,(H,11,15). The van der Waals surface area contributed by atoms with Crippen LogP contribution in [-0.4, -0.2) is 43.5 Å². The first kappa shape index (κ1) is 14.9. The van der Waals surface area contributed by atoms with Crippen molar-refractivity contribution in [1.82, 2.24) is 19.8 Å². The molecule has 7 nitrogen and oxygen atoms in total. The molecule has 0 spiro atoms. The number of nitrogens with zero attached hydrogens (tertiary/aromatic N) is 2. The Kier molecular flexibility index (Phi) is 4.71. The molecular weight excluding hydrogens is 280 g/mol. The van der Waals surface area contributed by atoms with E-state index in [0.717, 1.165) is 6.26 Å². The van der Waals surface area contributed by atoms with Gasteiger partial charge in [-0.15, -0.1) is 0 Å². The topological polar surface area (TPSA) is 93.1 Å². The van der Waals surface area contributed by atoms with Crippen LogP contribution in [0, 0.1) is 6.92 Å². The van der Waals surface area contributed by atoms with E-state index in [9.17, 15) is 13.2 Å². The number of nitrogens with one attached hydrogen (secondary N) is 2. The SMILES string of the molecule is Cc1nn(C)c(C(=O)NCCNS(C)(=O)=O)c1Cl. The van der Waals surface area contributed by atoms with E-state index in [4.69, 9.17) is 11.6 Å². The summed E-state index contributed by atoms with van der Waals surface area (Å²) in [5, 5.41) is 6.86. The van der Waals surface area contributed by atoms with Crippen LogP contribution in [0.3, 0.4) is 0 Å². The average Bonchev–Trinajstić information content (AvgIpc) is 2.47. The van der Waals surface area contributed by atoms with Gasteiger partial charge in [-0.25, -0.2) is 13.1 Å². The third-order valence-corrected chi connectivity index (χ3v) is 3.32. The van der Waals surface area contributed by atoms with Gasteiger partial charge in [0.25, 0.3) is 5.91 Å². The predicted molar refractivity (Wildman–Crippen MR) is 68.1 cm³/mol. The van der Waals surface area contributed by atoms with E-state index in [2.05, 4.69) is 15.1 Å². The zero-order chi connectivity index (χ0) is 13.9. The van der Waals surface area contributed by atoms with Crippen molar-refractivity contribution in [3.8, 4) is 0 Å². The first-order valence-corrected chi connectivity index (χ1v) is 7.41. The van der Waals surface area contributed by atoms with E-state index in [1.165, 1.54) is 4.68 Å². The highest BCUT2D eigenvalue weighted by molar-refractivity contribution is 7.88. The molecule has 0 saturated heterocycles. The number of rotatable bonds is 5. The Labute approximate surface area is 111 Å². The van der Waals surface area contributed by atoms with Crippen LogP contribution in [0.5, 0.6) is 0 Å². The number of amides is 1. The number of carbonyl (C=O) groups excluding carboxylic acids is 1. The Morgan fingerprint density at radius 3 is 2.50 bits per heavy atom. The summed E-state index contributed by atoms with van der Waals surface area (Å²) in [6, 6.07) is 0. The third kappa shape index (κ3) is 3.97. The molecule has 0 aliphatic rings. The number of hydrogen-bond donors (Lipinski definition) is 2. The van der Waals surface area contributed by atoms with Crippen LogP contribution in [0.4, 0.5) is 0 Å². The Bertz CT molecular complexity index is 552. The van der Waals surface area contributed by atoms with E-state index in [1.807, 2.05) is 0 Å². The molecule has 102 valence electrons. The number of aromatic nitrogens is 2. The van der Waals surface area contributed by atoms with Crippen molar-refractivity contribution in [2.45, 2.75) is 6.92 Å². The molecule has 0 saturated carbocycles. The van der Waals surface area contributed by atoms with Crippen molar-refractivity contribution in [2.75, 3.05) is 19.3 Å². The fraction of sp³-hybridized carbons (Fsp3) is 0.556. The van der Waals surface area contributed by atoms with Crippen molar-refractivity contribution in [2.24, 2.45) is 7.05 Å². The molecule has 0 aromatic carbocycles. The molecule has 18 heavy (non-hydrogen) atoms. The van der Waals surface area contributed by atoms with Crippen molar-refractivity contribution in [1.29, 1.82) is 0 Å². The molecule has 0 radical (unpaired) electrons. The number of sulfonamides is 1. The fourth-order valence-electron chi connectivity index (χ4n) is 1.38. The van der Waals surface area contributed by atoms with E-state index in [0.29, 0.717) is 10.7 Å². The van der Waals surface area contributed by atoms with Gasteiger partial charge in [-0.1, -0.05) is 11.6 Å². The number of carbonyl (C=O) groups is 1. The average molecular weight is 295 g/mol. The largest absolute Gasteiger partial charge is 0.349 e. The quantitative estimate of drug-likeness (QED) is 0.727. The highest BCUT2D eigenvalue weighted by Gasteiger charge is 2.18. The summed E-state index contributed by atoms with van der Waals surface area (Å²) < 4.78 is 25.2. The van der Waals surface area contributed by atoms with Crippen LogP contribution in [-0.2, 0) is 17.1 Å². The van der Waals surface area contributed by atoms with Crippen LogP contribution in [0.25, 0.3) is 0 Å². The van der Waals surface area contributed by atoms with Crippen LogP contribution in [0.2, 0.25) is 5.02 Å². The summed E-state index contributed by atoms with van der Waals surface area (Å²) >= 11 is 5.94. The first-order chi connectivity index (χ1) is 8.22. The second kappa shape index (κ2) is 5.68. The second-order valence-electron chi connectivity index (χ2n) is 3.79. The summed E-state index contributed by atoms with van der Waals surface area (Å²) in [5.41, 5.74) is 0.826. The first-order valence-electron chi connectivity index (χ1n) is 5.14. The lowest BCUT2D eigenvalue weighted by Gasteiger charge is -2.06. The number of aryl methyl sites for hydroxylation is 2. The Morgan fingerprint density at radius 2 is 2.06 bits per heavy atom. The van der Waals surface area contributed by atoms with Gasteiger partial charge in [0.1, 0.15) is 5.69 Å². The maximum Gasteiger partial charge on any atom is 0.271 e. The van der Waals surface area contributed by atoms with Gasteiger partial charge in [-0.05, 0) is 6.92 Å². The van der Waals surface area contributed by atoms with Gasteiger partial charge in [-0.3, -0.25) is 9.48 Å². The maximum atomic E-state index is 11.8. The molecule has 0 atom stereocenters. The van der Waals surface area contributed by atoms with Gasteiger partial charge in [-0.2, -0.15) is 5.10 Å². The molecule has 1 aromatic rings. The summed E-state index contributed by atoms with van der Waals surface area (Å²) in [6.07, 6.45) is 1.05. The molecule has 1 heterocycles. The monoisotopic (exact) mass is 294 g/mol. The van der Waals surface area contributed by atoms with E-state index in [1.54, 1.807) is 14.0 Å². The van der Waals surface area contributed by atoms with Crippen molar-refractivity contribution in [3.05, 3.63) is 16.4 Å². The minimum atomic E-state index is -3.24. The van der Waals surface area contributed by atoms with Crippen LogP contribution in [0.1, 0.15) is 16.2 Å². The van der Waals surface area contributed by atoms with Gasteiger partial charge in [0.15, 0.2) is 0 Å². The summed E-state index contributed by atoms with van der Waals surface area (Å²) in [7, 11) is -1.63. The normalized spacial score (nSPS) is 11.6. The Balaban J connectivity index is 2.56. The smallest absolute Gasteiger partial charge is 0.271 e. The van der Waals surface area contributed by atoms with Crippen molar-refractivity contribution >= 4 is 27.5 Å². The van der Waals surface area contributed by atoms with Gasteiger partial charge in [0.2, 0.25) is 10.0 Å². The molecule has 1 amide bonds. The van der Waals surface area contributed by atoms with E-state index in [-0.39, 0.29) is 18.8 Å². The zero-order valence-electron chi connectivity index (χ0n) is 10.3. The lowest BCUT2D eigenvalue weighted by molar-refractivity contribution is 0.0945. The molecule has 0 aliphatic carbocycles. The predicted octanol–water partition coefficient (Wildman–Crippen LogP) is -0.339. The van der Waals surface area contributed by atoms with E-state index < -0.39 is 15.9 Å². The van der Waals surface area contributed by atoms with Gasteiger partial charge in [0, 0.05) is 20.1 Å². The lowest BCUT2D eigenvalue weighted by atomic mass is 10.3. The second-order valence-corrected chi connectivity index (χ2v) is 6.00. The van der Waals surface area contributed by atoms with Gasteiger partial charge < -0.3 is 5.32 Å². The summed E-state index contributed by atoms with van der Waals surface area (Å²) in [5.74, 6) is -0.390. The highest BCUT2D eigenvalue weighted by Crippen LogP contribution is 2.18. The molecular formula is C9H15ClN4O3S. The Hall–Kier alpha value is -1.12. The van der Waals surface area contributed by atoms with Gasteiger partial charge in [0.05, 0.1) is 17.0 Å². The molecule has 0 bridgehead atoms. The number of halogens is 1. The molecule has 1 rings (SSSR count). The number of hydrogen-bond acceptors (Lipinski definition) is 4. The van der Waals surface area contributed by atoms with Crippen LogP contribution in [0.15, 0.2) is 0 Å². The molecule has 0 fully saturated rings. The van der Waals surface area contributed by atoms with Crippen LogP contribution >= 0.6 is 11.6 Å². The lowest BCUT2D eigenvalue weighted by Crippen LogP contribution is -2.35. The molecule has 0 aliphatic heterocycles. The molecule has 0 unspecified atom stereocenters. The Morgan fingerprint density at radius 1 is 1.44 bits per heavy atom. The summed E-state index contributed by atoms with van der Waals surface area (Å²) in [6.45, 7) is 2.00. The van der Waals surface area contributed by atoms with E-state index >= 15 is 0 Å². The van der Waals surface area contributed by atoms with Crippen molar-refractivity contribution < 1.29 is 13.2 Å². The van der Waals surface area contributed by atoms with Crippen molar-refractivity contribution in [3.63, 3.8) is 0 Å². The fourth-order valence-corrected chi connectivity index (χ4v) is 2.09. The summed E-state index contributed by atoms with van der Waals surface area (Å²) in [4.78, 5) is 11.8. The third-order valence-electron chi connectivity index (χ3n) is 2.14. The molecule has 2 N–H and O–H groups in total.